The highest BCUT2D eigenvalue weighted by molar-refractivity contribution is 6.32. The summed E-state index contributed by atoms with van der Waals surface area (Å²) in [6.45, 7) is 0.945. The quantitative estimate of drug-likeness (QED) is 0.877. The highest BCUT2D eigenvalue weighted by Gasteiger charge is 2.14. The zero-order valence-electron chi connectivity index (χ0n) is 12.0. The molecule has 6 nitrogen and oxygen atoms in total. The minimum Gasteiger partial charge on any atom is -0.495 e. The second kappa shape index (κ2) is 7.81. The van der Waals surface area contributed by atoms with Gasteiger partial charge in [-0.25, -0.2) is 4.79 Å². The lowest BCUT2D eigenvalue weighted by atomic mass is 10.2. The van der Waals surface area contributed by atoms with Crippen LogP contribution in [0.25, 0.3) is 0 Å². The van der Waals surface area contributed by atoms with Crippen LogP contribution in [0.3, 0.4) is 0 Å². The summed E-state index contributed by atoms with van der Waals surface area (Å²) in [6, 6.07) is 2.93. The van der Waals surface area contributed by atoms with Crippen molar-refractivity contribution in [3.8, 4) is 11.5 Å². The van der Waals surface area contributed by atoms with Gasteiger partial charge in [-0.2, -0.15) is 0 Å². The number of ether oxygens (including phenoxy) is 3. The second-order valence-corrected chi connectivity index (χ2v) is 4.44. The third kappa shape index (κ3) is 4.18. The van der Waals surface area contributed by atoms with Crippen LogP contribution in [0.2, 0.25) is 5.02 Å². The minimum atomic E-state index is -0.273. The number of hydrogen-bond donors (Lipinski definition) is 1. The molecule has 0 atom stereocenters. The van der Waals surface area contributed by atoms with E-state index in [1.807, 2.05) is 0 Å². The first-order valence-electron chi connectivity index (χ1n) is 5.96. The standard InChI is InChI=1S/C13H19ClN2O4/c1-16(5-6-18-2)13(17)15-10-8-11(19-3)9(14)7-12(10)20-4/h7-8H,5-6H2,1-4H3,(H,15,17). The molecule has 0 aliphatic carbocycles. The van der Waals surface area contributed by atoms with Gasteiger partial charge in [-0.05, 0) is 0 Å². The molecule has 0 spiro atoms. The zero-order chi connectivity index (χ0) is 15.1. The van der Waals surface area contributed by atoms with Crippen molar-refractivity contribution in [3.05, 3.63) is 17.2 Å². The fourth-order valence-electron chi connectivity index (χ4n) is 1.50. The van der Waals surface area contributed by atoms with E-state index in [0.29, 0.717) is 35.4 Å². The van der Waals surface area contributed by atoms with Crippen LogP contribution >= 0.6 is 11.6 Å². The molecule has 0 aliphatic heterocycles. The fraction of sp³-hybridized carbons (Fsp3) is 0.462. The Labute approximate surface area is 123 Å². The van der Waals surface area contributed by atoms with Crippen molar-refractivity contribution in [2.45, 2.75) is 0 Å². The Hall–Kier alpha value is -1.66. The Morgan fingerprint density at radius 2 is 1.90 bits per heavy atom. The van der Waals surface area contributed by atoms with Crippen LogP contribution in [0.1, 0.15) is 0 Å². The fourth-order valence-corrected chi connectivity index (χ4v) is 1.73. The summed E-state index contributed by atoms with van der Waals surface area (Å²) in [4.78, 5) is 13.5. The van der Waals surface area contributed by atoms with Crippen LogP contribution < -0.4 is 14.8 Å². The van der Waals surface area contributed by atoms with Crippen LogP contribution in [0.4, 0.5) is 10.5 Å². The van der Waals surface area contributed by atoms with Crippen LogP contribution in [0, 0.1) is 0 Å². The summed E-state index contributed by atoms with van der Waals surface area (Å²) in [5.41, 5.74) is 0.489. The van der Waals surface area contributed by atoms with Crippen molar-refractivity contribution in [2.24, 2.45) is 0 Å². The van der Waals surface area contributed by atoms with Gasteiger partial charge in [-0.15, -0.1) is 0 Å². The van der Waals surface area contributed by atoms with Gasteiger partial charge >= 0.3 is 6.03 Å². The number of halogens is 1. The van der Waals surface area contributed by atoms with Gasteiger partial charge in [-0.1, -0.05) is 11.6 Å². The Bertz CT molecular complexity index is 468. The molecular formula is C13H19ClN2O4. The van der Waals surface area contributed by atoms with Crippen molar-refractivity contribution in [1.82, 2.24) is 4.90 Å². The Balaban J connectivity index is 2.87. The molecule has 0 bridgehead atoms. The first-order valence-corrected chi connectivity index (χ1v) is 6.33. The first kappa shape index (κ1) is 16.4. The summed E-state index contributed by atoms with van der Waals surface area (Å²) < 4.78 is 15.2. The van der Waals surface area contributed by atoms with Gasteiger partial charge in [-0.3, -0.25) is 0 Å². The molecule has 1 aromatic carbocycles. The smallest absolute Gasteiger partial charge is 0.321 e. The molecule has 112 valence electrons. The predicted octanol–water partition coefficient (Wildman–Crippen LogP) is 2.47. The largest absolute Gasteiger partial charge is 0.495 e. The minimum absolute atomic E-state index is 0.273. The number of amides is 2. The Morgan fingerprint density at radius 3 is 2.45 bits per heavy atom. The van der Waals surface area contributed by atoms with Gasteiger partial charge in [0.05, 0.1) is 31.5 Å². The van der Waals surface area contributed by atoms with Gasteiger partial charge in [0, 0.05) is 32.8 Å². The molecule has 0 saturated heterocycles. The number of nitrogens with zero attached hydrogens (tertiary/aromatic N) is 1. The van der Waals surface area contributed by atoms with Crippen molar-refractivity contribution in [1.29, 1.82) is 0 Å². The predicted molar refractivity (Wildman–Crippen MR) is 78.1 cm³/mol. The van der Waals surface area contributed by atoms with E-state index in [2.05, 4.69) is 5.32 Å². The molecule has 1 N–H and O–H groups in total. The molecule has 1 rings (SSSR count). The number of hydrogen-bond acceptors (Lipinski definition) is 4. The number of anilines is 1. The molecule has 0 aliphatic rings. The van der Waals surface area contributed by atoms with Gasteiger partial charge in [0.15, 0.2) is 0 Å². The summed E-state index contributed by atoms with van der Waals surface area (Å²) >= 11 is 6.00. The maximum absolute atomic E-state index is 12.0. The molecule has 7 heteroatoms. The molecule has 20 heavy (non-hydrogen) atoms. The van der Waals surface area contributed by atoms with E-state index < -0.39 is 0 Å². The summed E-state index contributed by atoms with van der Waals surface area (Å²) in [7, 11) is 6.26. The van der Waals surface area contributed by atoms with Crippen molar-refractivity contribution < 1.29 is 19.0 Å². The lowest BCUT2D eigenvalue weighted by Gasteiger charge is -2.19. The Kier molecular flexibility index (Phi) is 6.41. The number of rotatable bonds is 6. The zero-order valence-corrected chi connectivity index (χ0v) is 12.8. The van der Waals surface area contributed by atoms with Crippen LogP contribution in [0.15, 0.2) is 12.1 Å². The lowest BCUT2D eigenvalue weighted by Crippen LogP contribution is -2.33. The van der Waals surface area contributed by atoms with Crippen LogP contribution in [-0.2, 0) is 4.74 Å². The number of carbonyl (C=O) groups is 1. The van der Waals surface area contributed by atoms with E-state index >= 15 is 0 Å². The third-order valence-corrected chi connectivity index (χ3v) is 2.99. The van der Waals surface area contributed by atoms with Gasteiger partial charge in [0.25, 0.3) is 0 Å². The molecule has 0 radical (unpaired) electrons. The van der Waals surface area contributed by atoms with Gasteiger partial charge < -0.3 is 24.4 Å². The monoisotopic (exact) mass is 302 g/mol. The number of carbonyl (C=O) groups excluding carboxylic acids is 1. The number of urea groups is 1. The molecule has 0 fully saturated rings. The van der Waals surface area contributed by atoms with E-state index in [4.69, 9.17) is 25.8 Å². The second-order valence-electron chi connectivity index (χ2n) is 4.03. The topological polar surface area (TPSA) is 60.0 Å². The summed E-state index contributed by atoms with van der Waals surface area (Å²) in [5, 5.41) is 3.15. The number of likely N-dealkylation sites (N-methyl/N-ethyl adjacent to an activating group) is 1. The first-order chi connectivity index (χ1) is 9.53. The van der Waals surface area contributed by atoms with E-state index in [1.165, 1.54) is 19.1 Å². The van der Waals surface area contributed by atoms with Crippen LogP contribution in [0.5, 0.6) is 11.5 Å². The average molecular weight is 303 g/mol. The molecule has 2 amide bonds. The van der Waals surface area contributed by atoms with E-state index in [0.717, 1.165) is 0 Å². The van der Waals surface area contributed by atoms with Crippen molar-refractivity contribution >= 4 is 23.3 Å². The van der Waals surface area contributed by atoms with Gasteiger partial charge in [0.2, 0.25) is 0 Å². The molecule has 0 saturated carbocycles. The molecule has 0 aromatic heterocycles. The SMILES string of the molecule is COCCN(C)C(=O)Nc1cc(OC)c(Cl)cc1OC. The number of benzene rings is 1. The van der Waals surface area contributed by atoms with E-state index in [-0.39, 0.29) is 6.03 Å². The maximum Gasteiger partial charge on any atom is 0.321 e. The van der Waals surface area contributed by atoms with Crippen molar-refractivity contribution in [2.75, 3.05) is 46.8 Å². The number of methoxy groups -OCH3 is 3. The van der Waals surface area contributed by atoms with Crippen LogP contribution in [-0.4, -0.2) is 52.5 Å². The lowest BCUT2D eigenvalue weighted by molar-refractivity contribution is 0.165. The number of nitrogens with one attached hydrogen (secondary N) is 1. The molecule has 1 aromatic rings. The van der Waals surface area contributed by atoms with E-state index in [9.17, 15) is 4.79 Å². The normalized spacial score (nSPS) is 10.1. The molecule has 0 unspecified atom stereocenters. The summed E-state index contributed by atoms with van der Waals surface area (Å²) in [5.74, 6) is 0.923. The highest BCUT2D eigenvalue weighted by atomic mass is 35.5. The van der Waals surface area contributed by atoms with Gasteiger partial charge in [0.1, 0.15) is 11.5 Å². The summed E-state index contributed by atoms with van der Waals surface area (Å²) in [6.07, 6.45) is 0. The third-order valence-electron chi connectivity index (χ3n) is 2.69. The average Bonchev–Trinajstić information content (AvgIpc) is 2.45. The molecular weight excluding hydrogens is 284 g/mol. The van der Waals surface area contributed by atoms with E-state index in [1.54, 1.807) is 26.3 Å². The maximum atomic E-state index is 12.0. The Morgan fingerprint density at radius 1 is 1.25 bits per heavy atom. The highest BCUT2D eigenvalue weighted by Crippen LogP contribution is 2.35. The molecule has 0 heterocycles. The van der Waals surface area contributed by atoms with Crippen molar-refractivity contribution in [3.63, 3.8) is 0 Å².